The Bertz CT molecular complexity index is 1380. The summed E-state index contributed by atoms with van der Waals surface area (Å²) in [6.45, 7) is 3.73. The van der Waals surface area contributed by atoms with E-state index in [9.17, 15) is 14.6 Å². The third kappa shape index (κ3) is 4.42. The lowest BCUT2D eigenvalue weighted by atomic mass is 10.0. The van der Waals surface area contributed by atoms with E-state index in [4.69, 9.17) is 10.5 Å². The fraction of sp³-hybridized carbons (Fsp3) is 0.348. The van der Waals surface area contributed by atoms with Gasteiger partial charge in [0, 0.05) is 24.4 Å². The zero-order chi connectivity index (χ0) is 23.8. The summed E-state index contributed by atoms with van der Waals surface area (Å²) in [6.07, 6.45) is 1.16. The summed E-state index contributed by atoms with van der Waals surface area (Å²) in [5, 5.41) is 23.7. The molecule has 4 rings (SSSR count). The fourth-order valence-electron chi connectivity index (χ4n) is 4.08. The summed E-state index contributed by atoms with van der Waals surface area (Å²) in [5.74, 6) is 0.829. The number of rotatable bonds is 2. The van der Waals surface area contributed by atoms with Gasteiger partial charge in [-0.05, 0) is 31.0 Å². The summed E-state index contributed by atoms with van der Waals surface area (Å²) in [4.78, 5) is 4.28. The van der Waals surface area contributed by atoms with Crippen molar-refractivity contribution in [1.29, 1.82) is 5.26 Å². The van der Waals surface area contributed by atoms with Gasteiger partial charge < -0.3 is 15.6 Å². The van der Waals surface area contributed by atoms with Gasteiger partial charge in [0.25, 0.3) is 0 Å². The maximum Gasteiger partial charge on any atom is 0.166 e. The molecule has 2 aromatic heterocycles. The number of nitriles is 1. The van der Waals surface area contributed by atoms with Crippen LogP contribution in [0.25, 0.3) is 11.1 Å². The van der Waals surface area contributed by atoms with E-state index in [1.165, 1.54) is 4.68 Å². The Labute approximate surface area is 193 Å². The van der Waals surface area contributed by atoms with Crippen molar-refractivity contribution in [3.63, 3.8) is 0 Å². The summed E-state index contributed by atoms with van der Waals surface area (Å²) in [6, 6.07) is 9.81. The topological polar surface area (TPSA) is 139 Å². The normalized spacial score (nSPS) is 19.8. The lowest BCUT2D eigenvalue weighted by molar-refractivity contribution is 0.227. The van der Waals surface area contributed by atoms with Crippen LogP contribution in [0.1, 0.15) is 41.1 Å². The van der Waals surface area contributed by atoms with Crippen LogP contribution in [0.2, 0.25) is 0 Å². The summed E-state index contributed by atoms with van der Waals surface area (Å²) in [7, 11) is -1.21. The second kappa shape index (κ2) is 8.84. The summed E-state index contributed by atoms with van der Waals surface area (Å²) < 4.78 is 26.2. The molecular formula is C23H26N6O3S. The lowest BCUT2D eigenvalue weighted by Gasteiger charge is -2.22. The van der Waals surface area contributed by atoms with Crippen molar-refractivity contribution in [2.45, 2.75) is 31.5 Å². The molecule has 33 heavy (non-hydrogen) atoms. The van der Waals surface area contributed by atoms with Crippen LogP contribution in [0.3, 0.4) is 0 Å². The van der Waals surface area contributed by atoms with Crippen LogP contribution in [0, 0.1) is 18.3 Å². The van der Waals surface area contributed by atoms with E-state index in [0.29, 0.717) is 28.3 Å². The Morgan fingerprint density at radius 2 is 2.18 bits per heavy atom. The maximum atomic E-state index is 14.1. The number of aryl methyl sites for hydroxylation is 2. The molecule has 1 aromatic carbocycles. The maximum absolute atomic E-state index is 14.1. The minimum atomic E-state index is -2.88. The standard InChI is InChI=1S/C23H26N6O3S/c1-14-4-5-16-12-33(31,27-6-7-30)13-19-22(20(10-24)29(3)28-19)17-9-21(23(25)26-11-17)32-15(2)18(16)8-14/h4-5,8-9,11,15,30H,6-7,12-13H2,1-3H3,(H2,25,26)/t15-,33?/m1/s1. The quantitative estimate of drug-likeness (QED) is 0.592. The van der Waals surface area contributed by atoms with Gasteiger partial charge in [-0.1, -0.05) is 23.8 Å². The second-order valence-electron chi connectivity index (χ2n) is 8.11. The van der Waals surface area contributed by atoms with E-state index in [1.807, 2.05) is 32.0 Å². The van der Waals surface area contributed by atoms with Gasteiger partial charge in [0.2, 0.25) is 0 Å². The zero-order valence-electron chi connectivity index (χ0n) is 18.8. The average molecular weight is 467 g/mol. The third-order valence-corrected chi connectivity index (χ3v) is 7.75. The third-order valence-electron chi connectivity index (χ3n) is 5.61. The van der Waals surface area contributed by atoms with Crippen molar-refractivity contribution in [3.8, 4) is 22.9 Å². The zero-order valence-corrected chi connectivity index (χ0v) is 19.6. The van der Waals surface area contributed by atoms with Gasteiger partial charge in [0.15, 0.2) is 11.6 Å². The number of anilines is 1. The van der Waals surface area contributed by atoms with Crippen molar-refractivity contribution < 1.29 is 14.1 Å². The van der Waals surface area contributed by atoms with Crippen molar-refractivity contribution in [2.24, 2.45) is 11.4 Å². The number of aliphatic hydroxyl groups excluding tert-OH is 1. The van der Waals surface area contributed by atoms with E-state index in [-0.39, 0.29) is 30.5 Å². The van der Waals surface area contributed by atoms with Crippen molar-refractivity contribution in [1.82, 2.24) is 14.8 Å². The number of aromatic nitrogens is 3. The highest BCUT2D eigenvalue weighted by Crippen LogP contribution is 2.36. The van der Waals surface area contributed by atoms with Crippen molar-refractivity contribution >= 4 is 15.5 Å². The number of benzene rings is 1. The number of fused-ring (bicyclic) bond motifs is 5. The molecule has 3 aromatic rings. The predicted octanol–water partition coefficient (Wildman–Crippen LogP) is 2.86. The first kappa shape index (κ1) is 22.8. The van der Waals surface area contributed by atoms with E-state index < -0.39 is 15.8 Å². The number of hydrogen-bond donors (Lipinski definition) is 2. The highest BCUT2D eigenvalue weighted by molar-refractivity contribution is 7.92. The monoisotopic (exact) mass is 466 g/mol. The Morgan fingerprint density at radius 3 is 2.91 bits per heavy atom. The van der Waals surface area contributed by atoms with Crippen LogP contribution in [0.15, 0.2) is 34.8 Å². The molecule has 3 N–H and O–H groups in total. The van der Waals surface area contributed by atoms with E-state index in [0.717, 1.165) is 16.7 Å². The van der Waals surface area contributed by atoms with Gasteiger partial charge in [-0.2, -0.15) is 10.4 Å². The molecule has 2 bridgehead atoms. The molecule has 3 heterocycles. The number of hydrogen-bond acceptors (Lipinski definition) is 8. The Kier molecular flexibility index (Phi) is 6.10. The highest BCUT2D eigenvalue weighted by Gasteiger charge is 2.26. The van der Waals surface area contributed by atoms with E-state index in [1.54, 1.807) is 19.3 Å². The van der Waals surface area contributed by atoms with E-state index >= 15 is 0 Å². The van der Waals surface area contributed by atoms with Gasteiger partial charge in [0.05, 0.1) is 40.1 Å². The number of nitrogen functional groups attached to an aromatic ring is 1. The second-order valence-corrected chi connectivity index (χ2v) is 10.5. The van der Waals surface area contributed by atoms with Gasteiger partial charge in [-0.15, -0.1) is 0 Å². The molecule has 0 radical (unpaired) electrons. The molecule has 0 saturated carbocycles. The molecule has 0 aliphatic carbocycles. The Balaban J connectivity index is 2.02. The molecule has 0 spiro atoms. The molecule has 2 atom stereocenters. The largest absolute Gasteiger partial charge is 0.482 e. The van der Waals surface area contributed by atoms with Crippen LogP contribution in [-0.2, 0) is 28.3 Å². The average Bonchev–Trinajstić information content (AvgIpc) is 3.08. The van der Waals surface area contributed by atoms with E-state index in [2.05, 4.69) is 20.5 Å². The molecule has 0 fully saturated rings. The van der Waals surface area contributed by atoms with Gasteiger partial charge in [-0.3, -0.25) is 4.68 Å². The molecule has 1 aliphatic rings. The number of aliphatic hydroxyl groups is 1. The Morgan fingerprint density at radius 1 is 1.39 bits per heavy atom. The van der Waals surface area contributed by atoms with Crippen molar-refractivity contribution in [2.75, 3.05) is 18.9 Å². The minimum Gasteiger partial charge on any atom is -0.482 e. The Hall–Kier alpha value is -3.42. The minimum absolute atomic E-state index is 0.0279. The smallest absolute Gasteiger partial charge is 0.166 e. The first-order valence-corrected chi connectivity index (χ1v) is 12.4. The van der Waals surface area contributed by atoms with Gasteiger partial charge >= 0.3 is 0 Å². The molecule has 1 unspecified atom stereocenters. The molecule has 0 amide bonds. The van der Waals surface area contributed by atoms with Crippen LogP contribution in [0.5, 0.6) is 5.75 Å². The number of nitrogens with zero attached hydrogens (tertiary/aromatic N) is 5. The van der Waals surface area contributed by atoms with Crippen LogP contribution >= 0.6 is 0 Å². The van der Waals surface area contributed by atoms with Crippen LogP contribution < -0.4 is 10.5 Å². The summed E-state index contributed by atoms with van der Waals surface area (Å²) in [5.41, 5.74) is 10.8. The molecule has 10 heteroatoms. The first-order chi connectivity index (χ1) is 15.7. The van der Waals surface area contributed by atoms with Gasteiger partial charge in [0.1, 0.15) is 17.9 Å². The molecule has 9 nitrogen and oxygen atoms in total. The number of ether oxygens (including phenoxy) is 1. The highest BCUT2D eigenvalue weighted by atomic mass is 32.2. The molecule has 1 aliphatic heterocycles. The summed E-state index contributed by atoms with van der Waals surface area (Å²) >= 11 is 0. The first-order valence-electron chi connectivity index (χ1n) is 10.5. The fourth-order valence-corrected chi connectivity index (χ4v) is 6.16. The van der Waals surface area contributed by atoms with Gasteiger partial charge in [-0.25, -0.2) is 13.6 Å². The number of pyridine rings is 1. The predicted molar refractivity (Wildman–Crippen MR) is 126 cm³/mol. The van der Waals surface area contributed by atoms with Crippen LogP contribution in [0.4, 0.5) is 5.82 Å². The molecule has 0 saturated heterocycles. The number of nitrogens with two attached hydrogens (primary N) is 1. The molecular weight excluding hydrogens is 440 g/mol. The van der Waals surface area contributed by atoms with Crippen molar-refractivity contribution in [3.05, 3.63) is 58.5 Å². The molecule has 172 valence electrons. The lowest BCUT2D eigenvalue weighted by Crippen LogP contribution is -2.15. The van der Waals surface area contributed by atoms with Crippen LogP contribution in [-0.4, -0.2) is 37.2 Å². The SMILES string of the molecule is Cc1ccc2c(c1)[C@@H](C)Oc1cc(cnc1N)-c1c(nn(C)c1C#N)CS(=O)(=NCCO)C2.